The molecule has 19 heavy (non-hydrogen) atoms. The average Bonchev–Trinajstić information content (AvgIpc) is 2.40. The van der Waals surface area contributed by atoms with Gasteiger partial charge in [0.25, 0.3) is 0 Å². The van der Waals surface area contributed by atoms with Gasteiger partial charge in [-0.25, -0.2) is 0 Å². The van der Waals surface area contributed by atoms with Crippen molar-refractivity contribution in [2.45, 2.75) is 13.5 Å². The predicted octanol–water partition coefficient (Wildman–Crippen LogP) is 4.96. The van der Waals surface area contributed by atoms with Crippen molar-refractivity contribution in [3.8, 4) is 5.75 Å². The molecule has 0 aliphatic carbocycles. The number of hydrogen-bond donors (Lipinski definition) is 1. The molecule has 4 heteroatoms. The molecule has 0 aliphatic heterocycles. The van der Waals surface area contributed by atoms with Crippen LogP contribution in [-0.2, 0) is 6.54 Å². The van der Waals surface area contributed by atoms with Gasteiger partial charge in [0.05, 0.1) is 17.3 Å². The summed E-state index contributed by atoms with van der Waals surface area (Å²) in [5.74, 6) is 0.901. The lowest BCUT2D eigenvalue weighted by atomic mass is 10.2. The van der Waals surface area contributed by atoms with E-state index in [9.17, 15) is 0 Å². The molecule has 0 heterocycles. The van der Waals surface area contributed by atoms with E-state index in [0.717, 1.165) is 26.6 Å². The standard InChI is InChI=1S/C15H15ClINO/c1-2-19-13-6-3-11(4-7-13)10-18-15-8-5-12(17)9-14(15)16/h3-9,18H,2,10H2,1H3. The summed E-state index contributed by atoms with van der Waals surface area (Å²) < 4.78 is 6.55. The van der Waals surface area contributed by atoms with Gasteiger partial charge in [0.15, 0.2) is 0 Å². The molecule has 2 rings (SSSR count). The fourth-order valence-electron chi connectivity index (χ4n) is 1.70. The fraction of sp³-hybridized carbons (Fsp3) is 0.200. The van der Waals surface area contributed by atoms with E-state index in [0.29, 0.717) is 6.61 Å². The van der Waals surface area contributed by atoms with Gasteiger partial charge < -0.3 is 10.1 Å². The highest BCUT2D eigenvalue weighted by atomic mass is 127. The van der Waals surface area contributed by atoms with Crippen molar-refractivity contribution in [2.75, 3.05) is 11.9 Å². The lowest BCUT2D eigenvalue weighted by Crippen LogP contribution is -2.00. The summed E-state index contributed by atoms with van der Waals surface area (Å²) in [7, 11) is 0. The third-order valence-corrected chi connectivity index (χ3v) is 3.63. The molecule has 2 aromatic rings. The van der Waals surface area contributed by atoms with Crippen LogP contribution in [0.1, 0.15) is 12.5 Å². The molecule has 0 atom stereocenters. The Bertz CT molecular complexity index is 542. The normalized spacial score (nSPS) is 10.3. The van der Waals surface area contributed by atoms with Gasteiger partial charge >= 0.3 is 0 Å². The highest BCUT2D eigenvalue weighted by Crippen LogP contribution is 2.24. The number of benzene rings is 2. The van der Waals surface area contributed by atoms with Crippen molar-refractivity contribution >= 4 is 39.9 Å². The smallest absolute Gasteiger partial charge is 0.119 e. The van der Waals surface area contributed by atoms with E-state index >= 15 is 0 Å². The van der Waals surface area contributed by atoms with E-state index in [-0.39, 0.29) is 0 Å². The molecule has 0 amide bonds. The molecule has 0 bridgehead atoms. The van der Waals surface area contributed by atoms with E-state index in [4.69, 9.17) is 16.3 Å². The Hall–Kier alpha value is -0.940. The van der Waals surface area contributed by atoms with E-state index in [2.05, 4.69) is 40.0 Å². The Morgan fingerprint density at radius 3 is 2.53 bits per heavy atom. The Balaban J connectivity index is 1.98. The second kappa shape index (κ2) is 7.01. The molecule has 0 radical (unpaired) electrons. The third-order valence-electron chi connectivity index (χ3n) is 2.65. The summed E-state index contributed by atoms with van der Waals surface area (Å²) in [6, 6.07) is 14.1. The van der Waals surface area contributed by atoms with Crippen LogP contribution >= 0.6 is 34.2 Å². The Morgan fingerprint density at radius 2 is 1.89 bits per heavy atom. The molecule has 0 aromatic heterocycles. The van der Waals surface area contributed by atoms with E-state index in [1.165, 1.54) is 5.56 Å². The second-order valence-corrected chi connectivity index (χ2v) is 5.71. The molecule has 0 spiro atoms. The first kappa shape index (κ1) is 14.5. The zero-order chi connectivity index (χ0) is 13.7. The van der Waals surface area contributed by atoms with Gasteiger partial charge in [0.1, 0.15) is 5.75 Å². The van der Waals surface area contributed by atoms with Gasteiger partial charge in [-0.3, -0.25) is 0 Å². The molecule has 0 unspecified atom stereocenters. The maximum Gasteiger partial charge on any atom is 0.119 e. The first-order chi connectivity index (χ1) is 9.19. The quantitative estimate of drug-likeness (QED) is 0.733. The Labute approximate surface area is 132 Å². The van der Waals surface area contributed by atoms with E-state index in [1.54, 1.807) is 0 Å². The minimum atomic E-state index is 0.690. The molecular formula is C15H15ClINO. The monoisotopic (exact) mass is 387 g/mol. The fourth-order valence-corrected chi connectivity index (χ4v) is 2.62. The van der Waals surface area contributed by atoms with Crippen molar-refractivity contribution in [1.82, 2.24) is 0 Å². The lowest BCUT2D eigenvalue weighted by Gasteiger charge is -2.09. The SMILES string of the molecule is CCOc1ccc(CNc2ccc(I)cc2Cl)cc1. The zero-order valence-corrected chi connectivity index (χ0v) is 13.5. The molecule has 100 valence electrons. The van der Waals surface area contributed by atoms with Crippen molar-refractivity contribution in [3.63, 3.8) is 0 Å². The number of nitrogens with one attached hydrogen (secondary N) is 1. The van der Waals surface area contributed by atoms with Crippen LogP contribution < -0.4 is 10.1 Å². The molecule has 2 nitrogen and oxygen atoms in total. The Kier molecular flexibility index (Phi) is 5.34. The van der Waals surface area contributed by atoms with Gasteiger partial charge in [-0.2, -0.15) is 0 Å². The highest BCUT2D eigenvalue weighted by molar-refractivity contribution is 14.1. The molecule has 2 aromatic carbocycles. The first-order valence-electron chi connectivity index (χ1n) is 6.09. The van der Waals surface area contributed by atoms with Crippen molar-refractivity contribution in [2.24, 2.45) is 0 Å². The molecule has 1 N–H and O–H groups in total. The Morgan fingerprint density at radius 1 is 1.16 bits per heavy atom. The van der Waals surface area contributed by atoms with Gasteiger partial charge in [-0.15, -0.1) is 0 Å². The summed E-state index contributed by atoms with van der Waals surface area (Å²) in [5.41, 5.74) is 2.15. The van der Waals surface area contributed by atoms with Gasteiger partial charge in [-0.05, 0) is 65.4 Å². The van der Waals surface area contributed by atoms with Crippen LogP contribution in [0.2, 0.25) is 5.02 Å². The van der Waals surface area contributed by atoms with Crippen LogP contribution in [0, 0.1) is 3.57 Å². The molecular weight excluding hydrogens is 373 g/mol. The highest BCUT2D eigenvalue weighted by Gasteiger charge is 2.01. The molecule has 0 saturated carbocycles. The van der Waals surface area contributed by atoms with Crippen molar-refractivity contribution in [1.29, 1.82) is 0 Å². The van der Waals surface area contributed by atoms with Gasteiger partial charge in [-0.1, -0.05) is 23.7 Å². The van der Waals surface area contributed by atoms with E-state index in [1.807, 2.05) is 37.3 Å². The predicted molar refractivity (Wildman–Crippen MR) is 89.1 cm³/mol. The first-order valence-corrected chi connectivity index (χ1v) is 7.55. The second-order valence-electron chi connectivity index (χ2n) is 4.05. The van der Waals surface area contributed by atoms with Crippen LogP contribution in [0.25, 0.3) is 0 Å². The maximum absolute atomic E-state index is 6.17. The summed E-state index contributed by atoms with van der Waals surface area (Å²) in [6.45, 7) is 3.41. The zero-order valence-electron chi connectivity index (χ0n) is 10.6. The van der Waals surface area contributed by atoms with Crippen molar-refractivity contribution < 1.29 is 4.74 Å². The van der Waals surface area contributed by atoms with Crippen molar-refractivity contribution in [3.05, 3.63) is 56.6 Å². The summed E-state index contributed by atoms with van der Waals surface area (Å²) in [6.07, 6.45) is 0. The molecule has 0 saturated heterocycles. The van der Waals surface area contributed by atoms with Gasteiger partial charge in [0.2, 0.25) is 0 Å². The van der Waals surface area contributed by atoms with Gasteiger partial charge in [0, 0.05) is 10.1 Å². The van der Waals surface area contributed by atoms with Crippen LogP contribution in [0.3, 0.4) is 0 Å². The number of halogens is 2. The maximum atomic E-state index is 6.17. The molecule has 0 fully saturated rings. The summed E-state index contributed by atoms with van der Waals surface area (Å²) in [5, 5.41) is 4.08. The topological polar surface area (TPSA) is 21.3 Å². The number of ether oxygens (including phenoxy) is 1. The van der Waals surface area contributed by atoms with E-state index < -0.39 is 0 Å². The van der Waals surface area contributed by atoms with Crippen LogP contribution in [0.4, 0.5) is 5.69 Å². The number of hydrogen-bond acceptors (Lipinski definition) is 2. The number of rotatable bonds is 5. The minimum absolute atomic E-state index is 0.690. The minimum Gasteiger partial charge on any atom is -0.494 e. The largest absolute Gasteiger partial charge is 0.494 e. The third kappa shape index (κ3) is 4.28. The van der Waals surface area contributed by atoms with Crippen LogP contribution in [-0.4, -0.2) is 6.61 Å². The van der Waals surface area contributed by atoms with Crippen LogP contribution in [0.15, 0.2) is 42.5 Å². The number of anilines is 1. The lowest BCUT2D eigenvalue weighted by molar-refractivity contribution is 0.340. The molecule has 0 aliphatic rings. The summed E-state index contributed by atoms with van der Waals surface area (Å²) in [4.78, 5) is 0. The average molecular weight is 388 g/mol. The van der Waals surface area contributed by atoms with Crippen LogP contribution in [0.5, 0.6) is 5.75 Å². The summed E-state index contributed by atoms with van der Waals surface area (Å²) >= 11 is 8.42.